The van der Waals surface area contributed by atoms with Crippen LogP contribution in [0.4, 0.5) is 0 Å². The van der Waals surface area contributed by atoms with Crippen LogP contribution in [0, 0.1) is 3.57 Å². The number of rotatable bonds is 9. The van der Waals surface area contributed by atoms with E-state index in [2.05, 4.69) is 22.6 Å². The fourth-order valence-corrected chi connectivity index (χ4v) is 2.02. The number of hydrogen-bond donors (Lipinski definition) is 1. The molecule has 4 nitrogen and oxygen atoms in total. The van der Waals surface area contributed by atoms with Crippen molar-refractivity contribution in [2.45, 2.75) is 19.3 Å². The van der Waals surface area contributed by atoms with Gasteiger partial charge in [0.1, 0.15) is 5.75 Å². The van der Waals surface area contributed by atoms with Gasteiger partial charge in [-0.05, 0) is 72.2 Å². The van der Waals surface area contributed by atoms with E-state index in [-0.39, 0.29) is 12.5 Å². The highest BCUT2D eigenvalue weighted by molar-refractivity contribution is 14.1. The number of allylic oxidation sites excluding steroid dienone is 1. The van der Waals surface area contributed by atoms with E-state index >= 15 is 0 Å². The molecule has 5 heteroatoms. The summed E-state index contributed by atoms with van der Waals surface area (Å²) in [6.45, 7) is 1.05. The van der Waals surface area contributed by atoms with Crippen molar-refractivity contribution >= 4 is 28.5 Å². The molecule has 116 valence electrons. The summed E-state index contributed by atoms with van der Waals surface area (Å²) in [4.78, 5) is 13.0. The molecule has 1 aromatic carbocycles. The Balaban J connectivity index is 2.09. The van der Waals surface area contributed by atoms with E-state index in [1.54, 1.807) is 13.1 Å². The molecule has 0 saturated heterocycles. The van der Waals surface area contributed by atoms with Crippen LogP contribution in [-0.4, -0.2) is 42.7 Å². The van der Waals surface area contributed by atoms with Crippen molar-refractivity contribution in [2.75, 3.05) is 26.8 Å². The summed E-state index contributed by atoms with van der Waals surface area (Å²) in [7, 11) is 1.68. The molecule has 0 heterocycles. The van der Waals surface area contributed by atoms with Crippen LogP contribution in [0.2, 0.25) is 0 Å². The van der Waals surface area contributed by atoms with Gasteiger partial charge in [0.05, 0.1) is 13.2 Å². The van der Waals surface area contributed by atoms with Crippen molar-refractivity contribution < 1.29 is 14.6 Å². The molecule has 0 spiro atoms. The van der Waals surface area contributed by atoms with Gasteiger partial charge in [-0.25, -0.2) is 0 Å². The van der Waals surface area contributed by atoms with Gasteiger partial charge < -0.3 is 14.7 Å². The van der Waals surface area contributed by atoms with Crippen LogP contribution in [0.25, 0.3) is 0 Å². The molecule has 0 aliphatic carbocycles. The first-order valence-electron chi connectivity index (χ1n) is 7.04. The van der Waals surface area contributed by atoms with Crippen LogP contribution in [0.1, 0.15) is 19.3 Å². The number of carbonyl (C=O) groups is 1. The molecular formula is C16H22INO3. The summed E-state index contributed by atoms with van der Waals surface area (Å²) >= 11 is 2.26. The largest absolute Gasteiger partial charge is 0.494 e. The molecule has 0 aliphatic heterocycles. The van der Waals surface area contributed by atoms with Gasteiger partial charge in [-0.3, -0.25) is 4.79 Å². The van der Waals surface area contributed by atoms with Crippen molar-refractivity contribution in [3.63, 3.8) is 0 Å². The van der Waals surface area contributed by atoms with E-state index in [1.807, 2.05) is 30.3 Å². The van der Waals surface area contributed by atoms with Gasteiger partial charge in [0, 0.05) is 17.2 Å². The quantitative estimate of drug-likeness (QED) is 0.392. The third-order valence-electron chi connectivity index (χ3n) is 2.92. The number of benzene rings is 1. The summed E-state index contributed by atoms with van der Waals surface area (Å²) < 4.78 is 6.82. The van der Waals surface area contributed by atoms with Crippen LogP contribution < -0.4 is 4.74 Å². The highest BCUT2D eigenvalue weighted by Gasteiger charge is 2.02. The Hall–Kier alpha value is -1.08. The summed E-state index contributed by atoms with van der Waals surface area (Å²) in [6.07, 6.45) is 6.24. The lowest BCUT2D eigenvalue weighted by Gasteiger charge is -2.12. The van der Waals surface area contributed by atoms with Gasteiger partial charge >= 0.3 is 0 Å². The van der Waals surface area contributed by atoms with E-state index in [1.165, 1.54) is 8.47 Å². The summed E-state index contributed by atoms with van der Waals surface area (Å²) in [6, 6.07) is 7.98. The summed E-state index contributed by atoms with van der Waals surface area (Å²) in [5.41, 5.74) is 0. The molecule has 0 fully saturated rings. The number of hydrogen-bond acceptors (Lipinski definition) is 3. The lowest BCUT2D eigenvalue weighted by atomic mass is 10.2. The lowest BCUT2D eigenvalue weighted by Crippen LogP contribution is -2.27. The highest BCUT2D eigenvalue weighted by atomic mass is 127. The van der Waals surface area contributed by atoms with Crippen LogP contribution in [0.5, 0.6) is 5.75 Å². The number of likely N-dealkylation sites (N-methyl/N-ethyl adjacent to an activating group) is 1. The van der Waals surface area contributed by atoms with Gasteiger partial charge in [-0.15, -0.1) is 0 Å². The molecule has 21 heavy (non-hydrogen) atoms. The molecule has 1 aromatic rings. The number of halogens is 1. The minimum absolute atomic E-state index is 0.00798. The Kier molecular flexibility index (Phi) is 9.09. The zero-order chi connectivity index (χ0) is 15.5. The first-order chi connectivity index (χ1) is 10.1. The third-order valence-corrected chi connectivity index (χ3v) is 3.64. The average molecular weight is 403 g/mol. The number of nitrogens with zero attached hydrogens (tertiary/aromatic N) is 1. The molecular weight excluding hydrogens is 381 g/mol. The third kappa shape index (κ3) is 8.06. The number of aliphatic hydroxyl groups is 1. The fraction of sp³-hybridized carbons (Fsp3) is 0.438. The summed E-state index contributed by atoms with van der Waals surface area (Å²) in [5, 5.41) is 8.73. The molecule has 0 atom stereocenters. The molecule has 0 aromatic heterocycles. The molecule has 0 saturated carbocycles. The molecule has 0 unspecified atom stereocenters. The maximum absolute atomic E-state index is 11.5. The van der Waals surface area contributed by atoms with Crippen molar-refractivity contribution in [2.24, 2.45) is 0 Å². The maximum atomic E-state index is 11.5. The Morgan fingerprint density at radius 2 is 2.05 bits per heavy atom. The molecule has 0 radical (unpaired) electrons. The van der Waals surface area contributed by atoms with Crippen molar-refractivity contribution in [1.29, 1.82) is 0 Å². The van der Waals surface area contributed by atoms with Gasteiger partial charge in [0.2, 0.25) is 5.91 Å². The Labute approximate surface area is 139 Å². The lowest BCUT2D eigenvalue weighted by molar-refractivity contribution is -0.125. The zero-order valence-electron chi connectivity index (χ0n) is 12.3. The average Bonchev–Trinajstić information content (AvgIpc) is 2.48. The van der Waals surface area contributed by atoms with E-state index in [9.17, 15) is 4.79 Å². The van der Waals surface area contributed by atoms with Gasteiger partial charge in [-0.2, -0.15) is 0 Å². The number of aliphatic hydroxyl groups excluding tert-OH is 1. The first-order valence-corrected chi connectivity index (χ1v) is 8.12. The van der Waals surface area contributed by atoms with Crippen molar-refractivity contribution in [3.8, 4) is 5.75 Å². The van der Waals surface area contributed by atoms with E-state index in [0.717, 1.165) is 25.0 Å². The molecule has 1 rings (SSSR count). The number of unbranched alkanes of at least 4 members (excludes halogenated alkanes) is 2. The second-order valence-corrected chi connectivity index (χ2v) is 5.93. The molecule has 1 N–H and O–H groups in total. The van der Waals surface area contributed by atoms with E-state index < -0.39 is 0 Å². The van der Waals surface area contributed by atoms with Gasteiger partial charge in [-0.1, -0.05) is 6.08 Å². The van der Waals surface area contributed by atoms with Crippen LogP contribution in [0.3, 0.4) is 0 Å². The van der Waals surface area contributed by atoms with Crippen LogP contribution >= 0.6 is 22.6 Å². The molecule has 0 bridgehead atoms. The number of amides is 1. The standard InChI is InChI=1S/C16H22INO3/c1-18(11-12-19)16(20)6-4-2-3-5-13-21-15-9-7-14(17)8-10-15/h4,6-10,19H,2-3,5,11-13H2,1H3/b6-4+. The zero-order valence-corrected chi connectivity index (χ0v) is 14.5. The van der Waals surface area contributed by atoms with Crippen molar-refractivity contribution in [3.05, 3.63) is 40.0 Å². The summed E-state index contributed by atoms with van der Waals surface area (Å²) in [5.74, 6) is 0.825. The Morgan fingerprint density at radius 1 is 1.33 bits per heavy atom. The number of ether oxygens (including phenoxy) is 1. The predicted molar refractivity (Wildman–Crippen MR) is 92.4 cm³/mol. The smallest absolute Gasteiger partial charge is 0.246 e. The monoisotopic (exact) mass is 403 g/mol. The van der Waals surface area contributed by atoms with Crippen molar-refractivity contribution in [1.82, 2.24) is 4.90 Å². The Morgan fingerprint density at radius 3 is 2.71 bits per heavy atom. The predicted octanol–water partition coefficient (Wildman–Crippen LogP) is 2.85. The normalized spacial score (nSPS) is 10.8. The topological polar surface area (TPSA) is 49.8 Å². The van der Waals surface area contributed by atoms with Crippen LogP contribution in [-0.2, 0) is 4.79 Å². The van der Waals surface area contributed by atoms with Crippen LogP contribution in [0.15, 0.2) is 36.4 Å². The van der Waals surface area contributed by atoms with E-state index in [4.69, 9.17) is 9.84 Å². The second-order valence-electron chi connectivity index (χ2n) is 4.68. The molecule has 1 amide bonds. The maximum Gasteiger partial charge on any atom is 0.246 e. The second kappa shape index (κ2) is 10.6. The molecule has 0 aliphatic rings. The fourth-order valence-electron chi connectivity index (χ4n) is 1.66. The van der Waals surface area contributed by atoms with Gasteiger partial charge in [0.25, 0.3) is 0 Å². The van der Waals surface area contributed by atoms with E-state index in [0.29, 0.717) is 13.2 Å². The van der Waals surface area contributed by atoms with Gasteiger partial charge in [0.15, 0.2) is 0 Å². The first kappa shape index (κ1) is 18.0. The Bertz CT molecular complexity index is 445. The minimum Gasteiger partial charge on any atom is -0.494 e. The minimum atomic E-state index is -0.0702. The SMILES string of the molecule is CN(CCO)C(=O)/C=C/CCCCOc1ccc(I)cc1. The highest BCUT2D eigenvalue weighted by Crippen LogP contribution is 2.13. The number of carbonyl (C=O) groups excluding carboxylic acids is 1.